The second-order valence-corrected chi connectivity index (χ2v) is 6.06. The lowest BCUT2D eigenvalue weighted by Crippen LogP contribution is -2.31. The second kappa shape index (κ2) is 6.94. The van der Waals surface area contributed by atoms with Crippen LogP contribution in [-0.2, 0) is 6.54 Å². The number of aliphatic hydroxyl groups excluding tert-OH is 1. The maximum atomic E-state index is 8.68. The van der Waals surface area contributed by atoms with Crippen molar-refractivity contribution in [2.45, 2.75) is 45.2 Å². The monoisotopic (exact) mass is 263 g/mol. The van der Waals surface area contributed by atoms with E-state index in [1.807, 2.05) is 0 Å². The van der Waals surface area contributed by atoms with Gasteiger partial charge in [0.1, 0.15) is 6.61 Å². The van der Waals surface area contributed by atoms with Crippen LogP contribution in [0.1, 0.15) is 42.4 Å². The smallest absolute Gasteiger partial charge is 0.104 e. The summed E-state index contributed by atoms with van der Waals surface area (Å²) in [5.74, 6) is 5.68. The summed E-state index contributed by atoms with van der Waals surface area (Å²) in [6.45, 7) is 4.55. The molecule has 1 aromatic rings. The normalized spacial score (nSPS) is 21.1. The Hall–Kier alpha value is -0.820. The van der Waals surface area contributed by atoms with Gasteiger partial charge in [-0.25, -0.2) is 0 Å². The van der Waals surface area contributed by atoms with Crippen LogP contribution in [0, 0.1) is 11.8 Å². The molecule has 1 aromatic heterocycles. The van der Waals surface area contributed by atoms with Crippen molar-refractivity contribution in [2.24, 2.45) is 0 Å². The van der Waals surface area contributed by atoms with E-state index in [0.29, 0.717) is 6.04 Å². The van der Waals surface area contributed by atoms with E-state index in [1.54, 1.807) is 11.3 Å². The lowest BCUT2D eigenvalue weighted by Gasteiger charge is -2.26. The number of hydrogen-bond acceptors (Lipinski definition) is 3. The Morgan fingerprint density at radius 3 is 3.11 bits per heavy atom. The Kier molecular flexibility index (Phi) is 5.25. The van der Waals surface area contributed by atoms with Gasteiger partial charge in [0.15, 0.2) is 0 Å². The number of rotatable bonds is 2. The summed E-state index contributed by atoms with van der Waals surface area (Å²) < 4.78 is 0. The molecule has 98 valence electrons. The Labute approximate surface area is 114 Å². The largest absolute Gasteiger partial charge is 0.384 e. The fourth-order valence-corrected chi connectivity index (χ4v) is 3.33. The van der Waals surface area contributed by atoms with Crippen LogP contribution in [0.4, 0.5) is 0 Å². The number of nitrogens with zero attached hydrogens (tertiary/aromatic N) is 1. The highest BCUT2D eigenvalue weighted by Crippen LogP contribution is 2.22. The fourth-order valence-electron chi connectivity index (χ4n) is 2.43. The van der Waals surface area contributed by atoms with Crippen molar-refractivity contribution in [3.63, 3.8) is 0 Å². The molecule has 3 heteroatoms. The molecule has 0 aliphatic carbocycles. The standard InChI is InChI=1S/C15H21NOS/c1-13-6-3-2-4-10-16(13)12-15-9-8-14(18-15)7-5-11-17/h8-9,13,17H,2-4,6,10-12H2,1H3. The van der Waals surface area contributed by atoms with E-state index in [2.05, 4.69) is 35.8 Å². The van der Waals surface area contributed by atoms with E-state index >= 15 is 0 Å². The minimum absolute atomic E-state index is 0.0591. The highest BCUT2D eigenvalue weighted by Gasteiger charge is 2.17. The first kappa shape index (κ1) is 13.6. The molecule has 18 heavy (non-hydrogen) atoms. The van der Waals surface area contributed by atoms with Crippen LogP contribution >= 0.6 is 11.3 Å². The summed E-state index contributed by atoms with van der Waals surface area (Å²) in [7, 11) is 0. The predicted molar refractivity (Wildman–Crippen MR) is 76.6 cm³/mol. The summed E-state index contributed by atoms with van der Waals surface area (Å²) in [5, 5.41) is 8.68. The zero-order chi connectivity index (χ0) is 12.8. The maximum absolute atomic E-state index is 8.68. The zero-order valence-electron chi connectivity index (χ0n) is 11.0. The third-order valence-electron chi connectivity index (χ3n) is 3.50. The van der Waals surface area contributed by atoms with Crippen LogP contribution in [0.3, 0.4) is 0 Å². The first-order chi connectivity index (χ1) is 8.79. The summed E-state index contributed by atoms with van der Waals surface area (Å²) in [5.41, 5.74) is 0. The third-order valence-corrected chi connectivity index (χ3v) is 4.49. The molecule has 1 aliphatic rings. The molecule has 1 aliphatic heterocycles. The molecule has 0 amide bonds. The highest BCUT2D eigenvalue weighted by molar-refractivity contribution is 7.12. The Bertz CT molecular complexity index is 429. The van der Waals surface area contributed by atoms with Gasteiger partial charge in [-0.3, -0.25) is 4.90 Å². The second-order valence-electron chi connectivity index (χ2n) is 4.89. The molecule has 1 saturated heterocycles. The first-order valence-corrected chi connectivity index (χ1v) is 7.54. The fraction of sp³-hybridized carbons (Fsp3) is 0.600. The Balaban J connectivity index is 1.97. The quantitative estimate of drug-likeness (QED) is 0.829. The molecular formula is C15H21NOS. The van der Waals surface area contributed by atoms with E-state index in [9.17, 15) is 0 Å². The van der Waals surface area contributed by atoms with Crippen molar-refractivity contribution >= 4 is 11.3 Å². The molecule has 0 radical (unpaired) electrons. The van der Waals surface area contributed by atoms with Crippen molar-refractivity contribution in [1.82, 2.24) is 4.90 Å². The van der Waals surface area contributed by atoms with Gasteiger partial charge in [0.05, 0.1) is 4.88 Å². The van der Waals surface area contributed by atoms with Gasteiger partial charge in [-0.15, -0.1) is 11.3 Å². The Morgan fingerprint density at radius 1 is 1.39 bits per heavy atom. The average molecular weight is 263 g/mol. The van der Waals surface area contributed by atoms with Gasteiger partial charge in [-0.2, -0.15) is 0 Å². The van der Waals surface area contributed by atoms with Gasteiger partial charge >= 0.3 is 0 Å². The van der Waals surface area contributed by atoms with Crippen molar-refractivity contribution < 1.29 is 5.11 Å². The van der Waals surface area contributed by atoms with Gasteiger partial charge in [-0.05, 0) is 38.4 Å². The van der Waals surface area contributed by atoms with Gasteiger partial charge in [-0.1, -0.05) is 24.7 Å². The molecule has 2 heterocycles. The van der Waals surface area contributed by atoms with E-state index in [0.717, 1.165) is 11.4 Å². The zero-order valence-corrected chi connectivity index (χ0v) is 11.8. The van der Waals surface area contributed by atoms with Crippen LogP contribution in [0.15, 0.2) is 12.1 Å². The molecular weight excluding hydrogens is 242 g/mol. The van der Waals surface area contributed by atoms with Crippen molar-refractivity contribution in [3.8, 4) is 11.8 Å². The van der Waals surface area contributed by atoms with Gasteiger partial charge in [0, 0.05) is 17.5 Å². The minimum atomic E-state index is -0.0591. The van der Waals surface area contributed by atoms with Gasteiger partial charge in [0.2, 0.25) is 0 Å². The molecule has 0 aromatic carbocycles. The average Bonchev–Trinajstić information content (AvgIpc) is 2.72. The topological polar surface area (TPSA) is 23.5 Å². The number of aliphatic hydroxyl groups is 1. The number of thiophene rings is 1. The van der Waals surface area contributed by atoms with Gasteiger partial charge in [0.25, 0.3) is 0 Å². The SMILES string of the molecule is CC1CCCCCN1Cc1ccc(C#CCO)s1. The molecule has 0 spiro atoms. The molecule has 1 N–H and O–H groups in total. The van der Waals surface area contributed by atoms with E-state index in [4.69, 9.17) is 5.11 Å². The lowest BCUT2D eigenvalue weighted by molar-refractivity contribution is 0.207. The molecule has 0 bridgehead atoms. The van der Waals surface area contributed by atoms with Crippen LogP contribution in [0.5, 0.6) is 0 Å². The van der Waals surface area contributed by atoms with Crippen molar-refractivity contribution in [1.29, 1.82) is 0 Å². The van der Waals surface area contributed by atoms with E-state index in [1.165, 1.54) is 37.1 Å². The van der Waals surface area contributed by atoms with Crippen LogP contribution in [0.25, 0.3) is 0 Å². The van der Waals surface area contributed by atoms with Crippen molar-refractivity contribution in [3.05, 3.63) is 21.9 Å². The summed E-state index contributed by atoms with van der Waals surface area (Å²) in [6, 6.07) is 4.93. The molecule has 0 saturated carbocycles. The predicted octanol–water partition coefficient (Wildman–Crippen LogP) is 2.86. The molecule has 1 unspecified atom stereocenters. The number of likely N-dealkylation sites (tertiary alicyclic amines) is 1. The molecule has 1 atom stereocenters. The molecule has 1 fully saturated rings. The molecule has 2 rings (SSSR count). The summed E-state index contributed by atoms with van der Waals surface area (Å²) in [4.78, 5) is 5.02. The van der Waals surface area contributed by atoms with Crippen LogP contribution < -0.4 is 0 Å². The third kappa shape index (κ3) is 3.84. The minimum Gasteiger partial charge on any atom is -0.384 e. The summed E-state index contributed by atoms with van der Waals surface area (Å²) in [6.07, 6.45) is 5.39. The van der Waals surface area contributed by atoms with Crippen LogP contribution in [-0.4, -0.2) is 29.2 Å². The highest BCUT2D eigenvalue weighted by atomic mass is 32.1. The van der Waals surface area contributed by atoms with E-state index in [-0.39, 0.29) is 6.61 Å². The molecule has 2 nitrogen and oxygen atoms in total. The Morgan fingerprint density at radius 2 is 2.28 bits per heavy atom. The lowest BCUT2D eigenvalue weighted by atomic mass is 10.1. The van der Waals surface area contributed by atoms with Crippen molar-refractivity contribution in [2.75, 3.05) is 13.2 Å². The van der Waals surface area contributed by atoms with Gasteiger partial charge < -0.3 is 5.11 Å². The maximum Gasteiger partial charge on any atom is 0.104 e. The van der Waals surface area contributed by atoms with E-state index < -0.39 is 0 Å². The van der Waals surface area contributed by atoms with Crippen LogP contribution in [0.2, 0.25) is 0 Å². The number of hydrogen-bond donors (Lipinski definition) is 1. The first-order valence-electron chi connectivity index (χ1n) is 6.72. The summed E-state index contributed by atoms with van der Waals surface area (Å²) >= 11 is 1.75.